The van der Waals surface area contributed by atoms with Crippen molar-refractivity contribution in [3.8, 4) is 0 Å². The van der Waals surface area contributed by atoms with E-state index >= 15 is 0 Å². The summed E-state index contributed by atoms with van der Waals surface area (Å²) in [4.78, 5) is 24.3. The highest BCUT2D eigenvalue weighted by molar-refractivity contribution is 6.30. The molecule has 0 spiro atoms. The third-order valence-electron chi connectivity index (χ3n) is 3.18. The lowest BCUT2D eigenvalue weighted by Crippen LogP contribution is -3.17. The minimum absolute atomic E-state index is 0.520. The van der Waals surface area contributed by atoms with E-state index in [0.717, 1.165) is 19.5 Å². The lowest BCUT2D eigenvalue weighted by atomic mass is 10.2. The summed E-state index contributed by atoms with van der Waals surface area (Å²) in [6.45, 7) is 7.00. The molecule has 1 N–H and O–H groups in total. The molecule has 1 saturated heterocycles. The summed E-state index contributed by atoms with van der Waals surface area (Å²) in [5.74, 6) is -2.47. The molecule has 0 aromatic rings. The van der Waals surface area contributed by atoms with Crippen molar-refractivity contribution in [3.05, 3.63) is 0 Å². The Morgan fingerprint density at radius 2 is 1.93 bits per heavy atom. The van der Waals surface area contributed by atoms with Gasteiger partial charge in [-0.1, -0.05) is 6.92 Å². The second kappa shape index (κ2) is 5.11. The average Bonchev–Trinajstić information content (AvgIpc) is 2.27. The number of carboxylic acid groups (broad SMARTS) is 1. The molecule has 5 nitrogen and oxygen atoms in total. The molecule has 0 saturated carbocycles. The Hall–Kier alpha value is -1.10. The number of carboxylic acids is 1. The average molecular weight is 214 g/mol. The van der Waals surface area contributed by atoms with Crippen LogP contribution in [0.5, 0.6) is 0 Å². The molecular weight excluding hydrogens is 196 g/mol. The van der Waals surface area contributed by atoms with Crippen LogP contribution in [0.3, 0.4) is 0 Å². The van der Waals surface area contributed by atoms with Crippen molar-refractivity contribution in [1.29, 1.82) is 0 Å². The van der Waals surface area contributed by atoms with Crippen molar-refractivity contribution in [2.24, 2.45) is 0 Å². The van der Waals surface area contributed by atoms with Gasteiger partial charge in [0, 0.05) is 0 Å². The minimum Gasteiger partial charge on any atom is -0.540 e. The fourth-order valence-corrected chi connectivity index (χ4v) is 1.91. The van der Waals surface area contributed by atoms with E-state index in [9.17, 15) is 14.7 Å². The molecule has 0 unspecified atom stereocenters. The summed E-state index contributed by atoms with van der Waals surface area (Å²) in [7, 11) is 0. The maximum absolute atomic E-state index is 11.1. The van der Waals surface area contributed by atoms with Crippen molar-refractivity contribution < 1.29 is 19.6 Å². The van der Waals surface area contributed by atoms with Crippen LogP contribution in [0, 0.1) is 0 Å². The maximum Gasteiger partial charge on any atom is 0.269 e. The second-order valence-corrected chi connectivity index (χ2v) is 4.05. The van der Waals surface area contributed by atoms with Gasteiger partial charge in [-0.05, 0) is 13.3 Å². The molecule has 0 aromatic carbocycles. The van der Waals surface area contributed by atoms with Gasteiger partial charge in [0.05, 0.1) is 32.2 Å². The van der Waals surface area contributed by atoms with E-state index in [1.165, 1.54) is 9.80 Å². The number of nitrogens with zero attached hydrogens (tertiary/aromatic N) is 1. The maximum atomic E-state index is 11.1. The van der Waals surface area contributed by atoms with Crippen LogP contribution >= 0.6 is 0 Å². The van der Waals surface area contributed by atoms with Crippen LogP contribution in [0.1, 0.15) is 20.3 Å². The predicted octanol–water partition coefficient (Wildman–Crippen LogP) is -2.74. The Labute approximate surface area is 89.7 Å². The first-order chi connectivity index (χ1) is 7.06. The third-order valence-corrected chi connectivity index (χ3v) is 3.18. The molecule has 1 atom stereocenters. The van der Waals surface area contributed by atoms with Crippen LogP contribution in [0.4, 0.5) is 0 Å². The van der Waals surface area contributed by atoms with E-state index in [1.807, 2.05) is 0 Å². The number of nitrogens with one attached hydrogen (secondary N) is 1. The highest BCUT2D eigenvalue weighted by Gasteiger charge is 2.26. The molecule has 1 rings (SSSR count). The molecule has 1 amide bonds. The molecule has 5 heteroatoms. The first-order valence-corrected chi connectivity index (χ1v) is 5.41. The predicted molar refractivity (Wildman–Crippen MR) is 52.0 cm³/mol. The highest BCUT2D eigenvalue weighted by atomic mass is 16.4. The molecule has 1 aliphatic heterocycles. The lowest BCUT2D eigenvalue weighted by molar-refractivity contribution is -0.927. The topological polar surface area (TPSA) is 64.9 Å². The zero-order chi connectivity index (χ0) is 11.4. The summed E-state index contributed by atoms with van der Waals surface area (Å²) in [6, 6.07) is 0.574. The summed E-state index contributed by atoms with van der Waals surface area (Å²) < 4.78 is 0. The molecule has 0 bridgehead atoms. The highest BCUT2D eigenvalue weighted by Crippen LogP contribution is 1.92. The molecular formula is C10H18N2O3. The van der Waals surface area contributed by atoms with Crippen LogP contribution < -0.4 is 10.0 Å². The van der Waals surface area contributed by atoms with Gasteiger partial charge < -0.3 is 19.7 Å². The SMILES string of the molecule is CC[C@H](C)[NH+]1CCN(C(=O)C(=O)[O-])CC1. The molecule has 1 fully saturated rings. The first-order valence-electron chi connectivity index (χ1n) is 5.41. The largest absolute Gasteiger partial charge is 0.540 e. The number of aliphatic carboxylic acids is 1. The fraction of sp³-hybridized carbons (Fsp3) is 0.800. The molecule has 15 heavy (non-hydrogen) atoms. The van der Waals surface area contributed by atoms with E-state index in [1.54, 1.807) is 0 Å². The Balaban J connectivity index is 2.42. The van der Waals surface area contributed by atoms with Gasteiger partial charge in [-0.3, -0.25) is 4.79 Å². The van der Waals surface area contributed by atoms with Crippen molar-refractivity contribution >= 4 is 11.9 Å². The number of carbonyl (C=O) groups is 2. The van der Waals surface area contributed by atoms with Gasteiger partial charge in [0.1, 0.15) is 5.97 Å². The molecule has 86 valence electrons. The fourth-order valence-electron chi connectivity index (χ4n) is 1.91. The van der Waals surface area contributed by atoms with Gasteiger partial charge in [0.15, 0.2) is 0 Å². The van der Waals surface area contributed by atoms with Crippen LogP contribution in [-0.4, -0.2) is 49.0 Å². The quantitative estimate of drug-likeness (QED) is 0.507. The standard InChI is InChI=1S/C10H18N2O3/c1-3-8(2)11-4-6-12(7-5-11)9(13)10(14)15/h8H,3-7H2,1-2H3,(H,14,15)/t8-/m0/s1. The monoisotopic (exact) mass is 214 g/mol. The number of hydrogen-bond donors (Lipinski definition) is 1. The van der Waals surface area contributed by atoms with Gasteiger partial charge in [-0.15, -0.1) is 0 Å². The van der Waals surface area contributed by atoms with Crippen LogP contribution in [-0.2, 0) is 9.59 Å². The minimum atomic E-state index is -1.60. The van der Waals surface area contributed by atoms with Crippen LogP contribution in [0.25, 0.3) is 0 Å². The Morgan fingerprint density at radius 1 is 1.40 bits per heavy atom. The third kappa shape index (κ3) is 2.92. The first kappa shape index (κ1) is 12.0. The van der Waals surface area contributed by atoms with E-state index in [-0.39, 0.29) is 0 Å². The normalized spacial score (nSPS) is 20.0. The van der Waals surface area contributed by atoms with Crippen LogP contribution in [0.15, 0.2) is 0 Å². The zero-order valence-electron chi connectivity index (χ0n) is 9.28. The van der Waals surface area contributed by atoms with Crippen LogP contribution in [0.2, 0.25) is 0 Å². The van der Waals surface area contributed by atoms with E-state index in [4.69, 9.17) is 0 Å². The molecule has 1 heterocycles. The molecule has 0 radical (unpaired) electrons. The smallest absolute Gasteiger partial charge is 0.269 e. The lowest BCUT2D eigenvalue weighted by Gasteiger charge is -2.35. The second-order valence-electron chi connectivity index (χ2n) is 4.05. The van der Waals surface area contributed by atoms with Gasteiger partial charge in [-0.25, -0.2) is 0 Å². The molecule has 0 aliphatic carbocycles. The zero-order valence-corrected chi connectivity index (χ0v) is 9.28. The number of hydrogen-bond acceptors (Lipinski definition) is 3. The van der Waals surface area contributed by atoms with Crippen molar-refractivity contribution in [2.45, 2.75) is 26.3 Å². The summed E-state index contributed by atoms with van der Waals surface area (Å²) in [6.07, 6.45) is 1.10. The van der Waals surface area contributed by atoms with E-state index in [2.05, 4.69) is 13.8 Å². The molecule has 0 aromatic heterocycles. The number of piperazine rings is 1. The number of rotatable bonds is 2. The summed E-state index contributed by atoms with van der Waals surface area (Å²) in [5, 5.41) is 10.4. The van der Waals surface area contributed by atoms with Crippen molar-refractivity contribution in [3.63, 3.8) is 0 Å². The van der Waals surface area contributed by atoms with E-state index in [0.29, 0.717) is 19.1 Å². The molecule has 1 aliphatic rings. The van der Waals surface area contributed by atoms with Gasteiger partial charge in [-0.2, -0.15) is 0 Å². The number of carbonyl (C=O) groups excluding carboxylic acids is 2. The van der Waals surface area contributed by atoms with Crippen molar-refractivity contribution in [1.82, 2.24) is 4.90 Å². The van der Waals surface area contributed by atoms with Gasteiger partial charge in [0.25, 0.3) is 5.91 Å². The van der Waals surface area contributed by atoms with Gasteiger partial charge >= 0.3 is 0 Å². The number of quaternary nitrogens is 1. The summed E-state index contributed by atoms with van der Waals surface area (Å²) in [5.41, 5.74) is 0. The van der Waals surface area contributed by atoms with Crippen molar-refractivity contribution in [2.75, 3.05) is 26.2 Å². The Bertz CT molecular complexity index is 247. The van der Waals surface area contributed by atoms with E-state index < -0.39 is 11.9 Å². The number of amides is 1. The Morgan fingerprint density at radius 3 is 2.33 bits per heavy atom. The Kier molecular flexibility index (Phi) is 4.08. The summed E-state index contributed by atoms with van der Waals surface area (Å²) >= 11 is 0. The van der Waals surface area contributed by atoms with Gasteiger partial charge in [0.2, 0.25) is 0 Å².